The van der Waals surface area contributed by atoms with E-state index >= 15 is 0 Å². The SMILES string of the molecule is COC(=O)C(C)(C)Cn1cccc1CO. The molecule has 0 amide bonds. The van der Waals surface area contributed by atoms with Crippen molar-refractivity contribution >= 4 is 5.97 Å². The van der Waals surface area contributed by atoms with Gasteiger partial charge in [-0.1, -0.05) is 0 Å². The van der Waals surface area contributed by atoms with Crippen molar-refractivity contribution in [3.63, 3.8) is 0 Å². The summed E-state index contributed by atoms with van der Waals surface area (Å²) in [5, 5.41) is 9.06. The van der Waals surface area contributed by atoms with Crippen LogP contribution in [0.4, 0.5) is 0 Å². The third kappa shape index (κ3) is 2.59. The molecule has 0 radical (unpaired) electrons. The number of rotatable bonds is 4. The van der Waals surface area contributed by atoms with Crippen molar-refractivity contribution in [2.24, 2.45) is 5.41 Å². The Balaban J connectivity index is 2.81. The van der Waals surface area contributed by atoms with Crippen LogP contribution < -0.4 is 0 Å². The molecular formula is C11H17NO3. The highest BCUT2D eigenvalue weighted by Gasteiger charge is 2.29. The van der Waals surface area contributed by atoms with Gasteiger partial charge in [0.25, 0.3) is 0 Å². The molecule has 0 saturated heterocycles. The third-order valence-electron chi connectivity index (χ3n) is 2.39. The number of aromatic nitrogens is 1. The number of hydrogen-bond acceptors (Lipinski definition) is 3. The summed E-state index contributed by atoms with van der Waals surface area (Å²) in [7, 11) is 1.38. The van der Waals surface area contributed by atoms with Gasteiger partial charge in [0.05, 0.1) is 19.1 Å². The van der Waals surface area contributed by atoms with Crippen LogP contribution in [0.1, 0.15) is 19.5 Å². The fourth-order valence-electron chi connectivity index (χ4n) is 1.51. The van der Waals surface area contributed by atoms with E-state index in [2.05, 4.69) is 0 Å². The number of ether oxygens (including phenoxy) is 1. The highest BCUT2D eigenvalue weighted by molar-refractivity contribution is 5.75. The Morgan fingerprint density at radius 3 is 2.80 bits per heavy atom. The van der Waals surface area contributed by atoms with E-state index in [4.69, 9.17) is 9.84 Å². The number of aliphatic hydroxyl groups excluding tert-OH is 1. The molecule has 4 nitrogen and oxygen atoms in total. The molecule has 84 valence electrons. The molecule has 15 heavy (non-hydrogen) atoms. The van der Waals surface area contributed by atoms with Crippen molar-refractivity contribution in [2.75, 3.05) is 7.11 Å². The molecule has 0 spiro atoms. The molecule has 4 heteroatoms. The summed E-state index contributed by atoms with van der Waals surface area (Å²) in [5.41, 5.74) is 0.213. The third-order valence-corrected chi connectivity index (χ3v) is 2.39. The van der Waals surface area contributed by atoms with Crippen LogP contribution in [0.3, 0.4) is 0 Å². The average Bonchev–Trinajstić information content (AvgIpc) is 2.63. The van der Waals surface area contributed by atoms with Crippen LogP contribution in [-0.4, -0.2) is 22.8 Å². The van der Waals surface area contributed by atoms with Crippen LogP contribution in [0.25, 0.3) is 0 Å². The summed E-state index contributed by atoms with van der Waals surface area (Å²) < 4.78 is 6.58. The molecule has 0 saturated carbocycles. The second-order valence-electron chi connectivity index (χ2n) is 4.16. The number of hydrogen-bond donors (Lipinski definition) is 1. The highest BCUT2D eigenvalue weighted by Crippen LogP contribution is 2.21. The Bertz CT molecular complexity index is 341. The van der Waals surface area contributed by atoms with Crippen molar-refractivity contribution in [2.45, 2.75) is 27.0 Å². The Kier molecular flexibility index (Phi) is 3.52. The minimum atomic E-state index is -0.586. The maximum Gasteiger partial charge on any atom is 0.313 e. The van der Waals surface area contributed by atoms with Crippen LogP contribution >= 0.6 is 0 Å². The van der Waals surface area contributed by atoms with E-state index in [0.717, 1.165) is 5.69 Å². The lowest BCUT2D eigenvalue weighted by molar-refractivity contribution is -0.151. The molecule has 0 aromatic carbocycles. The maximum absolute atomic E-state index is 11.5. The zero-order valence-electron chi connectivity index (χ0n) is 9.36. The number of carbonyl (C=O) groups excluding carboxylic acids is 1. The van der Waals surface area contributed by atoms with Gasteiger partial charge in [0.15, 0.2) is 0 Å². The Morgan fingerprint density at radius 2 is 2.27 bits per heavy atom. The number of aliphatic hydroxyl groups is 1. The van der Waals surface area contributed by atoms with Crippen molar-refractivity contribution in [1.29, 1.82) is 0 Å². The van der Waals surface area contributed by atoms with Gasteiger partial charge in [-0.05, 0) is 26.0 Å². The Labute approximate surface area is 89.5 Å². The lowest BCUT2D eigenvalue weighted by Gasteiger charge is -2.23. The Morgan fingerprint density at radius 1 is 1.60 bits per heavy atom. The first-order valence-corrected chi connectivity index (χ1v) is 4.84. The smallest absolute Gasteiger partial charge is 0.313 e. The zero-order valence-corrected chi connectivity index (χ0v) is 9.36. The summed E-state index contributed by atoms with van der Waals surface area (Å²) in [5.74, 6) is -0.250. The van der Waals surface area contributed by atoms with E-state index in [0.29, 0.717) is 6.54 Å². The fourth-order valence-corrected chi connectivity index (χ4v) is 1.51. The molecule has 1 aromatic heterocycles. The van der Waals surface area contributed by atoms with E-state index in [1.807, 2.05) is 36.7 Å². The van der Waals surface area contributed by atoms with Crippen LogP contribution in [-0.2, 0) is 22.7 Å². The van der Waals surface area contributed by atoms with Crippen molar-refractivity contribution in [3.05, 3.63) is 24.0 Å². The van der Waals surface area contributed by atoms with Gasteiger partial charge in [-0.25, -0.2) is 0 Å². The van der Waals surface area contributed by atoms with Gasteiger partial charge in [0.2, 0.25) is 0 Å². The van der Waals surface area contributed by atoms with Gasteiger partial charge in [0, 0.05) is 18.4 Å². The minimum Gasteiger partial charge on any atom is -0.469 e. The van der Waals surface area contributed by atoms with Crippen molar-refractivity contribution in [1.82, 2.24) is 4.57 Å². The predicted molar refractivity (Wildman–Crippen MR) is 56.2 cm³/mol. The first-order valence-electron chi connectivity index (χ1n) is 4.84. The molecule has 1 N–H and O–H groups in total. The molecule has 0 aliphatic heterocycles. The van der Waals surface area contributed by atoms with Crippen LogP contribution in [0, 0.1) is 5.41 Å². The van der Waals surface area contributed by atoms with Crippen LogP contribution in [0.2, 0.25) is 0 Å². The van der Waals surface area contributed by atoms with E-state index in [9.17, 15) is 4.79 Å². The van der Waals surface area contributed by atoms with E-state index in [1.54, 1.807) is 0 Å². The lowest BCUT2D eigenvalue weighted by Crippen LogP contribution is -2.31. The first-order chi connectivity index (χ1) is 7.01. The molecule has 0 unspecified atom stereocenters. The molecule has 0 aliphatic rings. The molecule has 1 heterocycles. The molecule has 0 bridgehead atoms. The highest BCUT2D eigenvalue weighted by atomic mass is 16.5. The largest absolute Gasteiger partial charge is 0.469 e. The van der Waals surface area contributed by atoms with Gasteiger partial charge < -0.3 is 14.4 Å². The molecule has 0 aliphatic carbocycles. The molecule has 0 atom stereocenters. The predicted octanol–water partition coefficient (Wildman–Crippen LogP) is 1.18. The topological polar surface area (TPSA) is 51.5 Å². The number of carbonyl (C=O) groups is 1. The van der Waals surface area contributed by atoms with Gasteiger partial charge in [-0.15, -0.1) is 0 Å². The second kappa shape index (κ2) is 4.49. The maximum atomic E-state index is 11.5. The summed E-state index contributed by atoms with van der Waals surface area (Å²) in [4.78, 5) is 11.5. The number of nitrogens with zero attached hydrogens (tertiary/aromatic N) is 1. The van der Waals surface area contributed by atoms with Gasteiger partial charge >= 0.3 is 5.97 Å². The summed E-state index contributed by atoms with van der Waals surface area (Å²) in [6.45, 7) is 4.12. The monoisotopic (exact) mass is 211 g/mol. The van der Waals surface area contributed by atoms with Crippen molar-refractivity contribution < 1.29 is 14.6 Å². The van der Waals surface area contributed by atoms with E-state index in [1.165, 1.54) is 7.11 Å². The zero-order chi connectivity index (χ0) is 11.5. The van der Waals surface area contributed by atoms with Crippen LogP contribution in [0.5, 0.6) is 0 Å². The quantitative estimate of drug-likeness (QED) is 0.761. The lowest BCUT2D eigenvalue weighted by atomic mass is 9.93. The molecule has 1 rings (SSSR count). The van der Waals surface area contributed by atoms with Crippen molar-refractivity contribution in [3.8, 4) is 0 Å². The summed E-state index contributed by atoms with van der Waals surface area (Å²) in [6.07, 6.45) is 1.84. The molecule has 1 aromatic rings. The summed E-state index contributed by atoms with van der Waals surface area (Å²) in [6, 6.07) is 3.67. The number of esters is 1. The summed E-state index contributed by atoms with van der Waals surface area (Å²) >= 11 is 0. The van der Waals surface area contributed by atoms with E-state index in [-0.39, 0.29) is 12.6 Å². The normalized spacial score (nSPS) is 11.5. The van der Waals surface area contributed by atoms with Gasteiger partial charge in [0.1, 0.15) is 0 Å². The average molecular weight is 211 g/mol. The second-order valence-corrected chi connectivity index (χ2v) is 4.16. The standard InChI is InChI=1S/C11H17NO3/c1-11(2,10(14)15-3)8-12-6-4-5-9(12)7-13/h4-6,13H,7-8H2,1-3H3. The van der Waals surface area contributed by atoms with Gasteiger partial charge in [-0.2, -0.15) is 0 Å². The minimum absolute atomic E-state index is 0.0236. The first kappa shape index (κ1) is 11.8. The van der Waals surface area contributed by atoms with Gasteiger partial charge in [-0.3, -0.25) is 4.79 Å². The fraction of sp³-hybridized carbons (Fsp3) is 0.545. The van der Waals surface area contributed by atoms with Crippen LogP contribution in [0.15, 0.2) is 18.3 Å². The molecule has 0 fully saturated rings. The molecular weight excluding hydrogens is 194 g/mol. The number of methoxy groups -OCH3 is 1. The Hall–Kier alpha value is -1.29. The van der Waals surface area contributed by atoms with E-state index < -0.39 is 5.41 Å².